The summed E-state index contributed by atoms with van der Waals surface area (Å²) in [6.07, 6.45) is 7.73. The van der Waals surface area contributed by atoms with E-state index in [0.29, 0.717) is 29.6 Å². The smallest absolute Gasteiger partial charge is 0.137 e. The lowest BCUT2D eigenvalue weighted by molar-refractivity contribution is 0.444. The molecule has 0 fully saturated rings. The Morgan fingerprint density at radius 3 is 2.30 bits per heavy atom. The molecule has 3 aromatic carbocycles. The largest absolute Gasteiger partial charge is 0.457 e. The van der Waals surface area contributed by atoms with E-state index in [4.69, 9.17) is 14.8 Å². The Labute approximate surface area is 298 Å². The zero-order chi connectivity index (χ0) is 35.3. The maximum absolute atomic E-state index is 6.81. The van der Waals surface area contributed by atoms with Gasteiger partial charge in [0.25, 0.3) is 0 Å². The monoisotopic (exact) mass is 664 g/mol. The van der Waals surface area contributed by atoms with Gasteiger partial charge >= 0.3 is 0 Å². The molecule has 5 nitrogen and oxygen atoms in total. The number of fused-ring (bicyclic) bond motifs is 3. The average molecular weight is 665 g/mol. The van der Waals surface area contributed by atoms with E-state index in [2.05, 4.69) is 150 Å². The van der Waals surface area contributed by atoms with E-state index in [9.17, 15) is 0 Å². The number of hydrogen-bond acceptors (Lipinski definition) is 3. The van der Waals surface area contributed by atoms with Crippen LogP contribution in [0.3, 0.4) is 0 Å². The van der Waals surface area contributed by atoms with Crippen molar-refractivity contribution in [3.05, 3.63) is 119 Å². The van der Waals surface area contributed by atoms with Crippen molar-refractivity contribution in [2.45, 2.75) is 99.3 Å². The van der Waals surface area contributed by atoms with E-state index < -0.39 is 0 Å². The Balaban J connectivity index is 1.35. The number of aryl methyl sites for hydroxylation is 1. The molecule has 0 aliphatic heterocycles. The maximum Gasteiger partial charge on any atom is 0.137 e. The minimum atomic E-state index is 0.329. The summed E-state index contributed by atoms with van der Waals surface area (Å²) in [6.45, 7) is 20.5. The minimum Gasteiger partial charge on any atom is -0.457 e. The number of pyridine rings is 1. The van der Waals surface area contributed by atoms with Crippen LogP contribution in [0.1, 0.15) is 114 Å². The van der Waals surface area contributed by atoms with Gasteiger partial charge in [-0.2, -0.15) is 5.10 Å². The summed E-state index contributed by atoms with van der Waals surface area (Å²) in [7, 11) is 0. The fraction of sp³-hybridized carbons (Fsp3) is 0.378. The van der Waals surface area contributed by atoms with Gasteiger partial charge in [0, 0.05) is 46.3 Å². The lowest BCUT2D eigenvalue weighted by Gasteiger charge is -2.30. The topological polar surface area (TPSA) is 44.9 Å². The van der Waals surface area contributed by atoms with Crippen LogP contribution in [-0.4, -0.2) is 19.3 Å². The van der Waals surface area contributed by atoms with Gasteiger partial charge in [-0.25, -0.2) is 9.67 Å². The summed E-state index contributed by atoms with van der Waals surface area (Å²) < 4.78 is 11.3. The summed E-state index contributed by atoms with van der Waals surface area (Å²) in [5.41, 5.74) is 11.1. The molecule has 258 valence electrons. The molecule has 5 heteroatoms. The first-order valence-electron chi connectivity index (χ1n) is 18.6. The first-order valence-corrected chi connectivity index (χ1v) is 18.6. The van der Waals surface area contributed by atoms with Crippen LogP contribution in [0, 0.1) is 18.8 Å². The number of aromatic nitrogens is 4. The third-order valence-electron chi connectivity index (χ3n) is 10.6. The fourth-order valence-corrected chi connectivity index (χ4v) is 8.05. The predicted octanol–water partition coefficient (Wildman–Crippen LogP) is 12.4. The van der Waals surface area contributed by atoms with Crippen LogP contribution < -0.4 is 4.74 Å². The van der Waals surface area contributed by atoms with Crippen LogP contribution >= 0.6 is 0 Å². The van der Waals surface area contributed by atoms with E-state index >= 15 is 0 Å². The highest BCUT2D eigenvalue weighted by atomic mass is 16.5. The molecule has 2 atom stereocenters. The molecule has 1 aliphatic carbocycles. The third kappa shape index (κ3) is 6.27. The second kappa shape index (κ2) is 13.6. The fourth-order valence-electron chi connectivity index (χ4n) is 8.05. The van der Waals surface area contributed by atoms with Gasteiger partial charge in [-0.15, -0.1) is 0 Å². The average Bonchev–Trinajstić information content (AvgIpc) is 3.58. The van der Waals surface area contributed by atoms with Crippen molar-refractivity contribution < 1.29 is 4.74 Å². The standard InChI is InChI=1S/C45H52N4O/c1-27(2)21-42-45(44-30(7)13-12-14-31(44)8)32(9)47-49(42)35-22-34(29(5)6)23-37(25-35)50-36-17-18-39-38-15-10-11-16-40(38)48(41(39)26-36)43-24-33(28(3)4)19-20-46-43/h10-11,13,15-20,22-29,31,44H,12,14,21H2,1-9H3/t31-,44?/m0/s1. The van der Waals surface area contributed by atoms with Crippen LogP contribution in [0.25, 0.3) is 33.3 Å². The molecule has 0 spiro atoms. The second-order valence-electron chi connectivity index (χ2n) is 15.6. The number of benzene rings is 3. The number of allylic oxidation sites excluding steroid dienone is 2. The van der Waals surface area contributed by atoms with Crippen molar-refractivity contribution in [3.63, 3.8) is 0 Å². The van der Waals surface area contributed by atoms with E-state index in [-0.39, 0.29) is 0 Å². The quantitative estimate of drug-likeness (QED) is 0.145. The van der Waals surface area contributed by atoms with Crippen LogP contribution in [0.15, 0.2) is 90.6 Å². The predicted molar refractivity (Wildman–Crippen MR) is 209 cm³/mol. The normalized spacial score (nSPS) is 16.7. The van der Waals surface area contributed by atoms with Crippen molar-refractivity contribution in [2.24, 2.45) is 11.8 Å². The number of hydrogen-bond donors (Lipinski definition) is 0. The number of para-hydroxylation sites is 1. The molecule has 0 saturated heterocycles. The molecular formula is C45H52N4O. The van der Waals surface area contributed by atoms with E-state index in [0.717, 1.165) is 46.2 Å². The van der Waals surface area contributed by atoms with Gasteiger partial charge in [0.2, 0.25) is 0 Å². The van der Waals surface area contributed by atoms with Gasteiger partial charge in [0.15, 0.2) is 0 Å². The Morgan fingerprint density at radius 2 is 1.56 bits per heavy atom. The van der Waals surface area contributed by atoms with Crippen LogP contribution in [-0.2, 0) is 6.42 Å². The summed E-state index contributed by atoms with van der Waals surface area (Å²) in [6, 6.07) is 26.0. The summed E-state index contributed by atoms with van der Waals surface area (Å²) in [4.78, 5) is 4.84. The summed E-state index contributed by atoms with van der Waals surface area (Å²) in [5.74, 6) is 4.78. The first-order chi connectivity index (χ1) is 24.0. The first kappa shape index (κ1) is 33.8. The van der Waals surface area contributed by atoms with Crippen molar-refractivity contribution in [1.29, 1.82) is 0 Å². The Bertz CT molecular complexity index is 2210. The number of nitrogens with zero attached hydrogens (tertiary/aromatic N) is 4. The molecule has 3 heterocycles. The van der Waals surface area contributed by atoms with Crippen LogP contribution in [0.4, 0.5) is 0 Å². The SMILES string of the molecule is CC1=CCC[C@H](C)C1c1c(C)nn(-c2cc(Oc3ccc4c5ccccc5n(-c5cc(C(C)C)ccn5)c4c3)cc(C(C)C)c2)c1CC(C)C. The van der Waals surface area contributed by atoms with Gasteiger partial charge in [-0.1, -0.05) is 78.3 Å². The molecule has 0 radical (unpaired) electrons. The molecule has 0 amide bonds. The van der Waals surface area contributed by atoms with Gasteiger partial charge in [-0.3, -0.25) is 4.57 Å². The molecule has 1 unspecified atom stereocenters. The van der Waals surface area contributed by atoms with Crippen molar-refractivity contribution in [3.8, 4) is 23.0 Å². The molecule has 6 aromatic rings. The van der Waals surface area contributed by atoms with Gasteiger partial charge in [-0.05, 0) is 110 Å². The Kier molecular flexibility index (Phi) is 9.19. The molecule has 7 rings (SSSR count). The molecule has 3 aromatic heterocycles. The summed E-state index contributed by atoms with van der Waals surface area (Å²) >= 11 is 0. The highest BCUT2D eigenvalue weighted by Gasteiger charge is 2.31. The lowest BCUT2D eigenvalue weighted by Crippen LogP contribution is -2.18. The lowest BCUT2D eigenvalue weighted by atomic mass is 9.74. The molecule has 50 heavy (non-hydrogen) atoms. The Morgan fingerprint density at radius 1 is 0.800 bits per heavy atom. The molecule has 1 aliphatic rings. The number of ether oxygens (including phenoxy) is 1. The van der Waals surface area contributed by atoms with Gasteiger partial charge in [0.05, 0.1) is 22.4 Å². The van der Waals surface area contributed by atoms with Gasteiger partial charge < -0.3 is 4.74 Å². The van der Waals surface area contributed by atoms with Crippen molar-refractivity contribution in [1.82, 2.24) is 19.3 Å². The van der Waals surface area contributed by atoms with E-state index in [1.807, 2.05) is 6.20 Å². The highest BCUT2D eigenvalue weighted by molar-refractivity contribution is 6.09. The van der Waals surface area contributed by atoms with Crippen molar-refractivity contribution >= 4 is 21.8 Å². The maximum atomic E-state index is 6.81. The van der Waals surface area contributed by atoms with E-state index in [1.54, 1.807) is 0 Å². The molecule has 0 bridgehead atoms. The second-order valence-corrected chi connectivity index (χ2v) is 15.6. The van der Waals surface area contributed by atoms with Crippen LogP contribution in [0.5, 0.6) is 11.5 Å². The zero-order valence-corrected chi connectivity index (χ0v) is 31.3. The van der Waals surface area contributed by atoms with E-state index in [1.165, 1.54) is 51.6 Å². The van der Waals surface area contributed by atoms with Gasteiger partial charge in [0.1, 0.15) is 17.3 Å². The summed E-state index contributed by atoms with van der Waals surface area (Å²) in [5, 5.41) is 7.66. The minimum absolute atomic E-state index is 0.329. The molecule has 0 N–H and O–H groups in total. The molecular weight excluding hydrogens is 613 g/mol. The highest BCUT2D eigenvalue weighted by Crippen LogP contribution is 2.43. The Hall–Kier alpha value is -4.64. The molecule has 0 saturated carbocycles. The van der Waals surface area contributed by atoms with Crippen molar-refractivity contribution in [2.75, 3.05) is 0 Å². The number of rotatable bonds is 9. The van der Waals surface area contributed by atoms with Crippen LogP contribution in [0.2, 0.25) is 0 Å². The zero-order valence-electron chi connectivity index (χ0n) is 31.3. The third-order valence-corrected chi connectivity index (χ3v) is 10.6.